The molecule has 0 spiro atoms. The van der Waals surface area contributed by atoms with Crippen molar-refractivity contribution in [2.75, 3.05) is 11.9 Å². The Balaban J connectivity index is 1.48. The number of hydrogen-bond donors (Lipinski definition) is 2. The number of nitrogens with one attached hydrogen (secondary N) is 2. The van der Waals surface area contributed by atoms with E-state index in [1.165, 1.54) is 0 Å². The fourth-order valence-electron chi connectivity index (χ4n) is 2.41. The third-order valence-electron chi connectivity index (χ3n) is 3.58. The first-order valence-electron chi connectivity index (χ1n) is 8.59. The molecule has 0 fully saturated rings. The standard InChI is InChI=1S/C19H22N4O3S/c1-19(2,3)26-18(25)20-9-8-16(24)21-14-6-4-13(5-7-14)15-12-23-10-11-27-17(23)22-15/h4-7,10-12H,8-9H2,1-3H3,(H,20,25)(H,21,24). The molecule has 7 nitrogen and oxygen atoms in total. The van der Waals surface area contributed by atoms with Crippen molar-refractivity contribution in [3.8, 4) is 11.3 Å². The van der Waals surface area contributed by atoms with E-state index in [2.05, 4.69) is 15.6 Å². The molecule has 1 aromatic carbocycles. The van der Waals surface area contributed by atoms with Crippen molar-refractivity contribution in [3.63, 3.8) is 0 Å². The van der Waals surface area contributed by atoms with Gasteiger partial charge in [-0.15, -0.1) is 11.3 Å². The summed E-state index contributed by atoms with van der Waals surface area (Å²) >= 11 is 1.58. The van der Waals surface area contributed by atoms with E-state index in [4.69, 9.17) is 4.74 Å². The van der Waals surface area contributed by atoms with Crippen LogP contribution in [0.3, 0.4) is 0 Å². The van der Waals surface area contributed by atoms with Crippen LogP contribution < -0.4 is 10.6 Å². The maximum Gasteiger partial charge on any atom is 0.407 e. The lowest BCUT2D eigenvalue weighted by molar-refractivity contribution is -0.116. The first-order valence-corrected chi connectivity index (χ1v) is 9.47. The highest BCUT2D eigenvalue weighted by molar-refractivity contribution is 7.15. The number of carbonyl (C=O) groups is 2. The maximum atomic E-state index is 12.0. The van der Waals surface area contributed by atoms with Gasteiger partial charge in [-0.05, 0) is 32.9 Å². The number of imidazole rings is 1. The molecule has 3 rings (SSSR count). The molecule has 0 saturated carbocycles. The highest BCUT2D eigenvalue weighted by Crippen LogP contribution is 2.23. The molecule has 27 heavy (non-hydrogen) atoms. The number of aromatic nitrogens is 2. The van der Waals surface area contributed by atoms with Crippen molar-refractivity contribution in [1.82, 2.24) is 14.7 Å². The summed E-state index contributed by atoms with van der Waals surface area (Å²) in [4.78, 5) is 29.0. The van der Waals surface area contributed by atoms with Gasteiger partial charge in [0.1, 0.15) is 5.60 Å². The smallest absolute Gasteiger partial charge is 0.407 e. The van der Waals surface area contributed by atoms with E-state index in [1.54, 1.807) is 32.1 Å². The molecule has 3 aromatic rings. The third kappa shape index (κ3) is 5.30. The number of fused-ring (bicyclic) bond motifs is 1. The maximum absolute atomic E-state index is 12.0. The number of amides is 2. The summed E-state index contributed by atoms with van der Waals surface area (Å²) in [6.07, 6.45) is 3.58. The van der Waals surface area contributed by atoms with E-state index in [0.29, 0.717) is 5.69 Å². The molecule has 2 aromatic heterocycles. The van der Waals surface area contributed by atoms with Crippen LogP contribution in [0.2, 0.25) is 0 Å². The zero-order chi connectivity index (χ0) is 19.4. The van der Waals surface area contributed by atoms with Gasteiger partial charge in [0, 0.05) is 42.0 Å². The van der Waals surface area contributed by atoms with Crippen LogP contribution in [-0.4, -0.2) is 33.5 Å². The van der Waals surface area contributed by atoms with Gasteiger partial charge in [-0.2, -0.15) is 0 Å². The molecule has 0 aliphatic rings. The summed E-state index contributed by atoms with van der Waals surface area (Å²) in [6, 6.07) is 7.51. The number of ether oxygens (including phenoxy) is 1. The van der Waals surface area contributed by atoms with Gasteiger partial charge in [0.2, 0.25) is 5.91 Å². The summed E-state index contributed by atoms with van der Waals surface area (Å²) in [7, 11) is 0. The Bertz CT molecular complexity index is 909. The summed E-state index contributed by atoms with van der Waals surface area (Å²) in [6.45, 7) is 5.58. The summed E-state index contributed by atoms with van der Waals surface area (Å²) in [5, 5.41) is 7.36. The Kier molecular flexibility index (Phi) is 5.46. The van der Waals surface area contributed by atoms with Gasteiger partial charge in [0.25, 0.3) is 0 Å². The number of alkyl carbamates (subject to hydrolysis) is 1. The number of nitrogens with zero attached hydrogens (tertiary/aromatic N) is 2. The van der Waals surface area contributed by atoms with Crippen LogP contribution in [0.5, 0.6) is 0 Å². The second-order valence-corrected chi connectivity index (χ2v) is 7.90. The van der Waals surface area contributed by atoms with Crippen LogP contribution in [0.1, 0.15) is 27.2 Å². The SMILES string of the molecule is CC(C)(C)OC(=O)NCCC(=O)Nc1ccc(-c2cn3ccsc3n2)cc1. The fourth-order valence-corrected chi connectivity index (χ4v) is 3.11. The van der Waals surface area contributed by atoms with Crippen LogP contribution >= 0.6 is 11.3 Å². The Labute approximate surface area is 161 Å². The first kappa shape index (κ1) is 18.9. The Hall–Kier alpha value is -2.87. The van der Waals surface area contributed by atoms with Crippen molar-refractivity contribution in [2.24, 2.45) is 0 Å². The highest BCUT2D eigenvalue weighted by atomic mass is 32.1. The topological polar surface area (TPSA) is 84.7 Å². The second kappa shape index (κ2) is 7.79. The largest absolute Gasteiger partial charge is 0.444 e. The van der Waals surface area contributed by atoms with Crippen LogP contribution in [0.4, 0.5) is 10.5 Å². The molecule has 2 N–H and O–H groups in total. The van der Waals surface area contributed by atoms with Crippen molar-refractivity contribution in [1.29, 1.82) is 0 Å². The molecule has 8 heteroatoms. The molecule has 0 saturated heterocycles. The van der Waals surface area contributed by atoms with Gasteiger partial charge < -0.3 is 15.4 Å². The van der Waals surface area contributed by atoms with E-state index in [1.807, 2.05) is 46.4 Å². The predicted octanol–water partition coefficient (Wildman–Crippen LogP) is 3.92. The fraction of sp³-hybridized carbons (Fsp3) is 0.316. The van der Waals surface area contributed by atoms with Crippen molar-refractivity contribution in [2.45, 2.75) is 32.8 Å². The number of anilines is 1. The lowest BCUT2D eigenvalue weighted by Gasteiger charge is -2.19. The Morgan fingerprint density at radius 2 is 1.96 bits per heavy atom. The average molecular weight is 386 g/mol. The predicted molar refractivity (Wildman–Crippen MR) is 106 cm³/mol. The Morgan fingerprint density at radius 1 is 1.22 bits per heavy atom. The molecule has 0 unspecified atom stereocenters. The minimum absolute atomic E-state index is 0.165. The molecular weight excluding hydrogens is 364 g/mol. The van der Waals surface area contributed by atoms with Crippen molar-refractivity contribution < 1.29 is 14.3 Å². The van der Waals surface area contributed by atoms with E-state index in [-0.39, 0.29) is 18.9 Å². The normalized spacial score (nSPS) is 11.4. The van der Waals surface area contributed by atoms with Crippen LogP contribution in [0.25, 0.3) is 16.2 Å². The van der Waals surface area contributed by atoms with E-state index < -0.39 is 11.7 Å². The molecule has 142 valence electrons. The minimum Gasteiger partial charge on any atom is -0.444 e. The molecule has 0 radical (unpaired) electrons. The number of benzene rings is 1. The third-order valence-corrected chi connectivity index (χ3v) is 4.35. The number of thiazole rings is 1. The minimum atomic E-state index is -0.557. The van der Waals surface area contributed by atoms with Crippen LogP contribution in [-0.2, 0) is 9.53 Å². The number of rotatable bonds is 5. The van der Waals surface area contributed by atoms with Crippen molar-refractivity contribution in [3.05, 3.63) is 42.0 Å². The molecule has 0 atom stereocenters. The highest BCUT2D eigenvalue weighted by Gasteiger charge is 2.16. The summed E-state index contributed by atoms with van der Waals surface area (Å²) < 4.78 is 7.10. The van der Waals surface area contributed by atoms with Crippen LogP contribution in [0, 0.1) is 0 Å². The lowest BCUT2D eigenvalue weighted by Crippen LogP contribution is -2.34. The van der Waals surface area contributed by atoms with Gasteiger partial charge >= 0.3 is 6.09 Å². The van der Waals surface area contributed by atoms with Crippen LogP contribution in [0.15, 0.2) is 42.0 Å². The average Bonchev–Trinajstić information content (AvgIpc) is 3.15. The van der Waals surface area contributed by atoms with Gasteiger partial charge in [-0.1, -0.05) is 12.1 Å². The molecule has 0 aliphatic carbocycles. The molecule has 2 amide bonds. The lowest BCUT2D eigenvalue weighted by atomic mass is 10.1. The Morgan fingerprint density at radius 3 is 2.63 bits per heavy atom. The summed E-state index contributed by atoms with van der Waals surface area (Å²) in [5.41, 5.74) is 2.01. The van der Waals surface area contributed by atoms with E-state index >= 15 is 0 Å². The zero-order valence-corrected chi connectivity index (χ0v) is 16.3. The van der Waals surface area contributed by atoms with Gasteiger partial charge in [0.05, 0.1) is 5.69 Å². The molecule has 2 heterocycles. The monoisotopic (exact) mass is 386 g/mol. The molecule has 0 aliphatic heterocycles. The number of hydrogen-bond acceptors (Lipinski definition) is 5. The zero-order valence-electron chi connectivity index (χ0n) is 15.5. The summed E-state index contributed by atoms with van der Waals surface area (Å²) in [5.74, 6) is -0.179. The van der Waals surface area contributed by atoms with Gasteiger partial charge in [-0.25, -0.2) is 9.78 Å². The van der Waals surface area contributed by atoms with Gasteiger partial charge in [-0.3, -0.25) is 9.20 Å². The van der Waals surface area contributed by atoms with E-state index in [9.17, 15) is 9.59 Å². The molecule has 0 bridgehead atoms. The van der Waals surface area contributed by atoms with E-state index in [0.717, 1.165) is 16.2 Å². The second-order valence-electron chi connectivity index (χ2n) is 7.02. The number of carbonyl (C=O) groups excluding carboxylic acids is 2. The van der Waals surface area contributed by atoms with Crippen molar-refractivity contribution >= 4 is 34.0 Å². The molecular formula is C19H22N4O3S. The quantitative estimate of drug-likeness (QED) is 0.696. The first-order chi connectivity index (χ1) is 12.8. The van der Waals surface area contributed by atoms with Gasteiger partial charge in [0.15, 0.2) is 4.96 Å².